The Morgan fingerprint density at radius 3 is 2.49 bits per heavy atom. The third kappa shape index (κ3) is 8.78. The highest BCUT2D eigenvalue weighted by atomic mass is 32.2. The maximum atomic E-state index is 13.0. The van der Waals surface area contributed by atoms with Gasteiger partial charge in [0.1, 0.15) is 12.4 Å². The normalized spacial score (nSPS) is 22.9. The molecule has 15 nitrogen and oxygen atoms in total. The Balaban J connectivity index is 1.48. The van der Waals surface area contributed by atoms with Gasteiger partial charge in [0.15, 0.2) is 39.2 Å². The van der Waals surface area contributed by atoms with Crippen molar-refractivity contribution in [1.82, 2.24) is 34.6 Å². The van der Waals surface area contributed by atoms with Crippen LogP contribution in [-0.4, -0.2) is 110 Å². The number of sulfone groups is 1. The van der Waals surface area contributed by atoms with Crippen LogP contribution in [0.15, 0.2) is 55.6 Å². The SMILES string of the molecule is C=CCNOP(O[C@@H]1C(OC(=S)N2CCS(=O)(=O)CC2)[C@H](n2cnc3c(NC(=O)c4ccccc4)ncnc32)O[C@@H]1C)N(C(C)C)C(C)C. The van der Waals surface area contributed by atoms with Gasteiger partial charge in [-0.25, -0.2) is 32.7 Å². The second-order valence-electron chi connectivity index (χ2n) is 12.2. The number of ether oxygens (including phenoxy) is 2. The summed E-state index contributed by atoms with van der Waals surface area (Å²) >= 11 is 5.74. The highest BCUT2D eigenvalue weighted by molar-refractivity contribution is 7.91. The molecule has 0 spiro atoms. The number of carbonyl (C=O) groups excluding carboxylic acids is 1. The molecule has 2 aliphatic heterocycles. The number of rotatable bonds is 13. The first-order valence-electron chi connectivity index (χ1n) is 16.0. The van der Waals surface area contributed by atoms with E-state index in [9.17, 15) is 13.2 Å². The molecular weight excluding hydrogens is 691 g/mol. The molecule has 4 heterocycles. The van der Waals surface area contributed by atoms with Crippen LogP contribution in [0.5, 0.6) is 0 Å². The third-order valence-electron chi connectivity index (χ3n) is 7.99. The molecule has 1 aromatic carbocycles. The lowest BCUT2D eigenvalue weighted by atomic mass is 10.1. The topological polar surface area (TPSA) is 162 Å². The number of imidazole rings is 1. The number of anilines is 1. The van der Waals surface area contributed by atoms with Gasteiger partial charge in [-0.2, -0.15) is 5.48 Å². The quantitative estimate of drug-likeness (QED) is 0.0857. The largest absolute Gasteiger partial charge is 0.460 e. The fourth-order valence-electron chi connectivity index (χ4n) is 5.64. The van der Waals surface area contributed by atoms with Gasteiger partial charge in [-0.1, -0.05) is 24.3 Å². The number of amides is 1. The van der Waals surface area contributed by atoms with E-state index in [2.05, 4.69) is 64.7 Å². The molecule has 5 rings (SSSR count). The summed E-state index contributed by atoms with van der Waals surface area (Å²) in [4.78, 5) is 28.0. The van der Waals surface area contributed by atoms with Gasteiger partial charge in [0.05, 0.1) is 23.9 Å². The molecule has 2 aliphatic rings. The maximum absolute atomic E-state index is 13.0. The second-order valence-corrected chi connectivity index (χ2v) is 16.2. The van der Waals surface area contributed by atoms with E-state index in [1.807, 2.05) is 13.0 Å². The molecule has 5 atom stereocenters. The number of carbonyl (C=O) groups is 1. The van der Waals surface area contributed by atoms with E-state index in [-0.39, 0.29) is 53.6 Å². The molecule has 266 valence electrons. The zero-order chi connectivity index (χ0) is 35.3. The van der Waals surface area contributed by atoms with Crippen LogP contribution in [-0.2, 0) is 28.5 Å². The predicted octanol–water partition coefficient (Wildman–Crippen LogP) is 3.83. The van der Waals surface area contributed by atoms with Crippen molar-refractivity contribution in [1.29, 1.82) is 0 Å². The molecule has 0 bridgehead atoms. The lowest BCUT2D eigenvalue weighted by Crippen LogP contribution is -2.47. The Hall–Kier alpha value is -3.15. The number of nitrogens with one attached hydrogen (secondary N) is 2. The lowest BCUT2D eigenvalue weighted by Gasteiger charge is -2.38. The van der Waals surface area contributed by atoms with Crippen LogP contribution in [0.3, 0.4) is 0 Å². The van der Waals surface area contributed by atoms with Crippen molar-refractivity contribution in [2.24, 2.45) is 0 Å². The number of benzene rings is 1. The van der Waals surface area contributed by atoms with E-state index < -0.39 is 42.9 Å². The summed E-state index contributed by atoms with van der Waals surface area (Å²) in [5, 5.41) is 2.96. The van der Waals surface area contributed by atoms with Gasteiger partial charge in [0, 0.05) is 37.3 Å². The van der Waals surface area contributed by atoms with Crippen molar-refractivity contribution in [3.8, 4) is 0 Å². The summed E-state index contributed by atoms with van der Waals surface area (Å²) in [5.74, 6) is -0.162. The minimum absolute atomic E-state index is 0.0240. The molecule has 0 radical (unpaired) electrons. The number of thiocarbonyl (C=S) groups is 1. The zero-order valence-electron chi connectivity index (χ0n) is 28.1. The van der Waals surface area contributed by atoms with Crippen molar-refractivity contribution in [3.05, 3.63) is 61.2 Å². The number of fused-ring (bicyclic) bond motifs is 1. The van der Waals surface area contributed by atoms with Crippen LogP contribution in [0.4, 0.5) is 5.82 Å². The minimum atomic E-state index is -3.15. The standard InChI is InChI=1S/C31H43N8O7PS2/c1-7-13-35-46-47(39(20(2)3)21(4)5)45-25-22(6)43-30(26(25)44-31(48)37-14-16-49(41,42)17-15-37)38-19-34-24-27(32-18-33-28(24)38)36-29(40)23-11-9-8-10-12-23/h7-12,18-22,25-26,30,35H,1,13-17H2,2-6H3,(H,32,33,36,40)/t22-,25+,26?,30-,47?/m1/s1. The van der Waals surface area contributed by atoms with Crippen LogP contribution < -0.4 is 10.8 Å². The van der Waals surface area contributed by atoms with Crippen molar-refractivity contribution in [3.63, 3.8) is 0 Å². The Morgan fingerprint density at radius 2 is 1.84 bits per heavy atom. The number of hydroxylamine groups is 1. The van der Waals surface area contributed by atoms with Gasteiger partial charge in [-0.15, -0.1) is 6.58 Å². The zero-order valence-corrected chi connectivity index (χ0v) is 30.7. The van der Waals surface area contributed by atoms with E-state index in [0.29, 0.717) is 23.3 Å². The average molecular weight is 735 g/mol. The van der Waals surface area contributed by atoms with Gasteiger partial charge in [-0.3, -0.25) is 9.36 Å². The summed E-state index contributed by atoms with van der Waals surface area (Å²) in [7, 11) is -4.85. The van der Waals surface area contributed by atoms with E-state index in [1.165, 1.54) is 6.33 Å². The first-order valence-corrected chi connectivity index (χ1v) is 19.4. The van der Waals surface area contributed by atoms with Gasteiger partial charge in [0.25, 0.3) is 19.6 Å². The molecule has 0 aliphatic carbocycles. The van der Waals surface area contributed by atoms with Gasteiger partial charge >= 0.3 is 0 Å². The Kier molecular flexibility index (Phi) is 12.3. The molecule has 2 N–H and O–H groups in total. The number of aromatic nitrogens is 4. The van der Waals surface area contributed by atoms with Crippen molar-refractivity contribution < 1.29 is 31.8 Å². The van der Waals surface area contributed by atoms with E-state index in [0.717, 1.165) is 0 Å². The molecule has 0 saturated carbocycles. The van der Waals surface area contributed by atoms with E-state index in [1.54, 1.807) is 46.1 Å². The number of hydrogen-bond donors (Lipinski definition) is 2. The third-order valence-corrected chi connectivity index (χ3v) is 12.0. The first-order chi connectivity index (χ1) is 23.4. The lowest BCUT2D eigenvalue weighted by molar-refractivity contribution is -0.0285. The van der Waals surface area contributed by atoms with Crippen LogP contribution in [0.2, 0.25) is 0 Å². The second kappa shape index (κ2) is 16.2. The molecular formula is C31H43N8O7PS2. The smallest absolute Gasteiger partial charge is 0.277 e. The molecule has 1 amide bonds. The fraction of sp³-hybridized carbons (Fsp3) is 0.516. The van der Waals surface area contributed by atoms with Crippen LogP contribution in [0, 0.1) is 0 Å². The number of nitrogens with zero attached hydrogens (tertiary/aromatic N) is 6. The van der Waals surface area contributed by atoms with E-state index in [4.69, 9.17) is 30.8 Å². The first kappa shape index (κ1) is 37.1. The van der Waals surface area contributed by atoms with E-state index >= 15 is 0 Å². The molecule has 49 heavy (non-hydrogen) atoms. The average Bonchev–Trinajstić information content (AvgIpc) is 3.62. The van der Waals surface area contributed by atoms with Crippen LogP contribution in [0.1, 0.15) is 51.2 Å². The Labute approximate surface area is 293 Å². The van der Waals surface area contributed by atoms with Gasteiger partial charge < -0.3 is 24.2 Å². The van der Waals surface area contributed by atoms with Gasteiger partial charge in [0.2, 0.25) is 0 Å². The summed E-state index contributed by atoms with van der Waals surface area (Å²) < 4.78 is 54.0. The molecule has 2 fully saturated rings. The van der Waals surface area contributed by atoms with Crippen LogP contribution >= 0.6 is 20.7 Å². The summed E-state index contributed by atoms with van der Waals surface area (Å²) in [5.41, 5.74) is 4.13. The highest BCUT2D eigenvalue weighted by Gasteiger charge is 2.50. The predicted molar refractivity (Wildman–Crippen MR) is 190 cm³/mol. The monoisotopic (exact) mass is 734 g/mol. The summed E-state index contributed by atoms with van der Waals surface area (Å²) in [6.07, 6.45) is 1.66. The highest BCUT2D eigenvalue weighted by Crippen LogP contribution is 2.50. The fourth-order valence-corrected chi connectivity index (χ4v) is 8.82. The van der Waals surface area contributed by atoms with Crippen LogP contribution in [0.25, 0.3) is 11.2 Å². The Morgan fingerprint density at radius 1 is 1.14 bits per heavy atom. The Bertz CT molecular complexity index is 1710. The molecule has 2 saturated heterocycles. The molecule has 2 aromatic heterocycles. The number of hydrogen-bond acceptors (Lipinski definition) is 13. The van der Waals surface area contributed by atoms with Crippen molar-refractivity contribution in [2.75, 3.05) is 36.5 Å². The summed E-state index contributed by atoms with van der Waals surface area (Å²) in [6, 6.07) is 8.92. The molecule has 18 heteroatoms. The van der Waals surface area contributed by atoms with Crippen molar-refractivity contribution in [2.45, 2.75) is 71.2 Å². The maximum Gasteiger partial charge on any atom is 0.277 e. The van der Waals surface area contributed by atoms with Gasteiger partial charge in [-0.05, 0) is 59.0 Å². The molecule has 2 unspecified atom stereocenters. The minimum Gasteiger partial charge on any atom is -0.460 e. The van der Waals surface area contributed by atoms with Crippen molar-refractivity contribution >= 4 is 58.6 Å². The molecule has 3 aromatic rings. The summed E-state index contributed by atoms with van der Waals surface area (Å²) in [6.45, 7) is 14.7.